The molecule has 1 unspecified atom stereocenters. The minimum absolute atomic E-state index is 0.0736. The van der Waals surface area contributed by atoms with Crippen molar-refractivity contribution in [1.29, 1.82) is 0 Å². The number of aliphatic hydroxyl groups excluding tert-OH is 1. The number of nitrogens with zero attached hydrogens (tertiary/aromatic N) is 1. The van der Waals surface area contributed by atoms with Crippen molar-refractivity contribution in [2.75, 3.05) is 18.6 Å². The van der Waals surface area contributed by atoms with Crippen LogP contribution in [0.4, 0.5) is 5.69 Å². The van der Waals surface area contributed by atoms with Crippen molar-refractivity contribution in [3.63, 3.8) is 0 Å². The van der Waals surface area contributed by atoms with Crippen molar-refractivity contribution in [1.82, 2.24) is 0 Å². The molecule has 38 heavy (non-hydrogen) atoms. The molecule has 1 aliphatic heterocycles. The van der Waals surface area contributed by atoms with Gasteiger partial charge in [0.2, 0.25) is 5.78 Å². The number of halogens is 1. The molecule has 194 valence electrons. The molecule has 4 aromatic rings. The van der Waals surface area contributed by atoms with Gasteiger partial charge in [0.05, 0.1) is 31.0 Å². The number of phenolic OH excluding ortho intramolecular Hbond substituents is 1. The van der Waals surface area contributed by atoms with Crippen LogP contribution in [-0.2, 0) is 4.79 Å². The first-order valence-electron chi connectivity index (χ1n) is 11.8. The molecule has 9 heteroatoms. The highest BCUT2D eigenvalue weighted by Gasteiger charge is 2.46. The summed E-state index contributed by atoms with van der Waals surface area (Å²) < 4.78 is 16.9. The first-order valence-corrected chi connectivity index (χ1v) is 12.2. The average Bonchev–Trinajstić information content (AvgIpc) is 3.43. The summed E-state index contributed by atoms with van der Waals surface area (Å²) in [6, 6.07) is 15.0. The third-order valence-corrected chi connectivity index (χ3v) is 6.58. The number of furan rings is 1. The maximum atomic E-state index is 13.9. The van der Waals surface area contributed by atoms with Crippen molar-refractivity contribution in [3.05, 3.63) is 93.9 Å². The fraction of sp³-hybridized carbons (Fsp3) is 0.172. The molecular weight excluding hydrogens is 510 g/mol. The molecule has 1 atom stereocenters. The number of ether oxygens (including phenoxy) is 2. The highest BCUT2D eigenvalue weighted by Crippen LogP contribution is 2.46. The smallest absolute Gasteiger partial charge is 0.294 e. The zero-order valence-electron chi connectivity index (χ0n) is 20.8. The second kappa shape index (κ2) is 9.79. The van der Waals surface area contributed by atoms with Crippen LogP contribution >= 0.6 is 11.6 Å². The van der Waals surface area contributed by atoms with Gasteiger partial charge in [-0.25, -0.2) is 0 Å². The number of carbonyl (C=O) groups excluding carboxylic acids is 2. The molecule has 8 nitrogen and oxygen atoms in total. The van der Waals surface area contributed by atoms with Crippen molar-refractivity contribution in [2.24, 2.45) is 0 Å². The number of carbonyl (C=O) groups is 2. The fourth-order valence-corrected chi connectivity index (χ4v) is 4.80. The molecule has 2 heterocycles. The summed E-state index contributed by atoms with van der Waals surface area (Å²) >= 11 is 6.09. The largest absolute Gasteiger partial charge is 0.506 e. The second-order valence-electron chi connectivity index (χ2n) is 8.80. The van der Waals surface area contributed by atoms with E-state index in [2.05, 4.69) is 0 Å². The zero-order chi connectivity index (χ0) is 27.1. The van der Waals surface area contributed by atoms with Crippen molar-refractivity contribution < 1.29 is 33.7 Å². The van der Waals surface area contributed by atoms with E-state index in [-0.39, 0.29) is 22.8 Å². The molecule has 5 rings (SSSR count). The number of hydrogen-bond acceptors (Lipinski definition) is 7. The standard InChI is InChI=1S/C29H24ClNO7/c1-4-37-23-13-16(6-9-22(23)36-3)26-25(27(33)24-14-17-12-18(30)7-10-21(17)38-24)28(34)29(35)31(26)19-11-15(2)5-8-20(19)32/h5-14,26,32,34H,4H2,1-3H3. The number of Topliss-reactive ketones (excluding diaryl/α,β-unsaturated/α-hetero) is 1. The summed E-state index contributed by atoms with van der Waals surface area (Å²) in [5, 5.41) is 22.8. The van der Waals surface area contributed by atoms with Crippen LogP contribution in [-0.4, -0.2) is 35.6 Å². The van der Waals surface area contributed by atoms with Crippen LogP contribution in [0.25, 0.3) is 11.0 Å². The molecule has 0 saturated carbocycles. The lowest BCUT2D eigenvalue weighted by Crippen LogP contribution is -2.31. The lowest BCUT2D eigenvalue weighted by atomic mass is 9.94. The molecule has 1 aliphatic rings. The maximum absolute atomic E-state index is 13.9. The highest BCUT2D eigenvalue weighted by molar-refractivity contribution is 6.31. The lowest BCUT2D eigenvalue weighted by Gasteiger charge is -2.28. The lowest BCUT2D eigenvalue weighted by molar-refractivity contribution is -0.117. The third-order valence-electron chi connectivity index (χ3n) is 6.35. The van der Waals surface area contributed by atoms with Gasteiger partial charge >= 0.3 is 0 Å². The summed E-state index contributed by atoms with van der Waals surface area (Å²) in [6.45, 7) is 3.97. The van der Waals surface area contributed by atoms with E-state index >= 15 is 0 Å². The SMILES string of the molecule is CCOc1cc(C2C(C(=O)c3cc4cc(Cl)ccc4o3)=C(O)C(=O)N2c2cc(C)ccc2O)ccc1OC. The fourth-order valence-electron chi connectivity index (χ4n) is 4.62. The Balaban J connectivity index is 1.70. The van der Waals surface area contributed by atoms with Crippen LogP contribution in [0.3, 0.4) is 0 Å². The highest BCUT2D eigenvalue weighted by atomic mass is 35.5. The number of aryl methyl sites for hydroxylation is 1. The van der Waals surface area contributed by atoms with Crippen LogP contribution < -0.4 is 14.4 Å². The number of aliphatic hydroxyl groups is 1. The van der Waals surface area contributed by atoms with Crippen LogP contribution in [0, 0.1) is 6.92 Å². The van der Waals surface area contributed by atoms with E-state index in [9.17, 15) is 19.8 Å². The molecule has 2 N–H and O–H groups in total. The molecule has 3 aromatic carbocycles. The Labute approximate surface area is 223 Å². The summed E-state index contributed by atoms with van der Waals surface area (Å²) in [5.41, 5.74) is 1.58. The van der Waals surface area contributed by atoms with E-state index in [0.29, 0.717) is 39.7 Å². The first kappa shape index (κ1) is 25.2. The predicted molar refractivity (Wildman–Crippen MR) is 142 cm³/mol. The summed E-state index contributed by atoms with van der Waals surface area (Å²) in [5.74, 6) is -1.68. The van der Waals surface area contributed by atoms with Crippen molar-refractivity contribution >= 4 is 39.9 Å². The number of hydrogen-bond donors (Lipinski definition) is 2. The van der Waals surface area contributed by atoms with E-state index in [1.165, 1.54) is 24.1 Å². The van der Waals surface area contributed by atoms with Crippen LogP contribution in [0.15, 0.2) is 76.4 Å². The predicted octanol–water partition coefficient (Wildman–Crippen LogP) is 6.29. The molecule has 1 amide bonds. The zero-order valence-corrected chi connectivity index (χ0v) is 21.6. The van der Waals surface area contributed by atoms with Crippen molar-refractivity contribution in [3.8, 4) is 17.2 Å². The van der Waals surface area contributed by atoms with E-state index in [1.54, 1.807) is 55.5 Å². The van der Waals surface area contributed by atoms with Gasteiger partial charge in [0.1, 0.15) is 11.3 Å². The molecule has 0 aliphatic carbocycles. The van der Waals surface area contributed by atoms with Crippen LogP contribution in [0.5, 0.6) is 17.2 Å². The van der Waals surface area contributed by atoms with Gasteiger partial charge in [0.15, 0.2) is 23.0 Å². The summed E-state index contributed by atoms with van der Waals surface area (Å²) in [6.07, 6.45) is 0. The van der Waals surface area contributed by atoms with Gasteiger partial charge < -0.3 is 24.1 Å². The summed E-state index contributed by atoms with van der Waals surface area (Å²) in [7, 11) is 1.50. The molecular formula is C29H24ClNO7. The number of fused-ring (bicyclic) bond motifs is 1. The maximum Gasteiger partial charge on any atom is 0.294 e. The van der Waals surface area contributed by atoms with Crippen molar-refractivity contribution in [2.45, 2.75) is 19.9 Å². The minimum Gasteiger partial charge on any atom is -0.506 e. The van der Waals surface area contributed by atoms with Crippen LogP contribution in [0.1, 0.15) is 34.6 Å². The van der Waals surface area contributed by atoms with E-state index < -0.39 is 23.5 Å². The Morgan fingerprint density at radius 2 is 1.84 bits per heavy atom. The number of benzene rings is 3. The number of ketones is 1. The Hall–Kier alpha value is -4.43. The molecule has 0 spiro atoms. The Kier molecular flexibility index (Phi) is 6.50. The van der Waals surface area contributed by atoms with Gasteiger partial charge in [-0.2, -0.15) is 0 Å². The van der Waals surface area contributed by atoms with Gasteiger partial charge in [0, 0.05) is 10.4 Å². The summed E-state index contributed by atoms with van der Waals surface area (Å²) in [4.78, 5) is 28.6. The quantitative estimate of drug-likeness (QED) is 0.269. The van der Waals surface area contributed by atoms with E-state index in [0.717, 1.165) is 5.56 Å². The molecule has 0 fully saturated rings. The monoisotopic (exact) mass is 533 g/mol. The number of rotatable bonds is 7. The van der Waals surface area contributed by atoms with Gasteiger partial charge in [-0.05, 0) is 73.5 Å². The molecule has 0 saturated heterocycles. The Morgan fingerprint density at radius 3 is 2.58 bits per heavy atom. The number of amides is 1. The molecule has 1 aromatic heterocycles. The number of phenols is 1. The minimum atomic E-state index is -1.11. The van der Waals surface area contributed by atoms with Gasteiger partial charge in [-0.15, -0.1) is 0 Å². The third kappa shape index (κ3) is 4.22. The number of methoxy groups -OCH3 is 1. The molecule has 0 radical (unpaired) electrons. The van der Waals surface area contributed by atoms with E-state index in [1.807, 2.05) is 6.92 Å². The normalized spacial score (nSPS) is 15.4. The average molecular weight is 534 g/mol. The van der Waals surface area contributed by atoms with Crippen LogP contribution in [0.2, 0.25) is 5.02 Å². The number of aromatic hydroxyl groups is 1. The van der Waals surface area contributed by atoms with E-state index in [4.69, 9.17) is 25.5 Å². The Morgan fingerprint density at radius 1 is 1.05 bits per heavy atom. The van der Waals surface area contributed by atoms with Gasteiger partial charge in [0.25, 0.3) is 5.91 Å². The number of anilines is 1. The molecule has 0 bridgehead atoms. The first-order chi connectivity index (χ1) is 18.2. The Bertz CT molecular complexity index is 1620. The van der Waals surface area contributed by atoms with Gasteiger partial charge in [-0.3, -0.25) is 14.5 Å². The van der Waals surface area contributed by atoms with Gasteiger partial charge in [-0.1, -0.05) is 23.7 Å². The topological polar surface area (TPSA) is 109 Å². The second-order valence-corrected chi connectivity index (χ2v) is 9.23.